The highest BCUT2D eigenvalue weighted by Gasteiger charge is 2.18. The first-order chi connectivity index (χ1) is 13.2. The van der Waals surface area contributed by atoms with Gasteiger partial charge in [-0.25, -0.2) is 9.78 Å². The van der Waals surface area contributed by atoms with Crippen molar-refractivity contribution in [1.29, 1.82) is 0 Å². The van der Waals surface area contributed by atoms with Gasteiger partial charge in [-0.2, -0.15) is 0 Å². The van der Waals surface area contributed by atoms with Crippen LogP contribution in [0.1, 0.15) is 27.3 Å². The van der Waals surface area contributed by atoms with Crippen molar-refractivity contribution in [1.82, 2.24) is 4.98 Å². The van der Waals surface area contributed by atoms with Crippen molar-refractivity contribution >= 4 is 5.97 Å². The number of pyridine rings is 1. The van der Waals surface area contributed by atoms with Gasteiger partial charge in [-0.05, 0) is 11.1 Å². The molecule has 0 aliphatic rings. The molecule has 0 radical (unpaired) electrons. The standard InChI is InChI=1S/C21H19NO5/c23-12-18-20(27-14-16-9-5-2-6-10-16)19(11-17(22-18)21(24)25)26-13-15-7-3-1-4-8-15/h1-11,23H,12-14H2,(H,24,25). The summed E-state index contributed by atoms with van der Waals surface area (Å²) in [5.74, 6) is -0.739. The molecule has 0 amide bonds. The molecule has 1 aromatic heterocycles. The minimum Gasteiger partial charge on any atom is -0.485 e. The Balaban J connectivity index is 1.89. The van der Waals surface area contributed by atoms with Crippen molar-refractivity contribution in [3.05, 3.63) is 89.2 Å². The molecule has 2 aromatic carbocycles. The van der Waals surface area contributed by atoms with Crippen LogP contribution >= 0.6 is 0 Å². The SMILES string of the molecule is O=C(O)c1cc(OCc2ccccc2)c(OCc2ccccc2)c(CO)n1. The summed E-state index contributed by atoms with van der Waals surface area (Å²) in [6, 6.07) is 20.3. The van der Waals surface area contributed by atoms with Crippen LogP contribution in [0.25, 0.3) is 0 Å². The minimum atomic E-state index is -1.20. The van der Waals surface area contributed by atoms with E-state index >= 15 is 0 Å². The van der Waals surface area contributed by atoms with Crippen LogP contribution in [0.4, 0.5) is 0 Å². The lowest BCUT2D eigenvalue weighted by atomic mass is 10.2. The molecule has 3 rings (SSSR count). The van der Waals surface area contributed by atoms with E-state index in [4.69, 9.17) is 9.47 Å². The molecule has 3 aromatic rings. The number of carbonyl (C=O) groups is 1. The van der Waals surface area contributed by atoms with Gasteiger partial charge in [0, 0.05) is 6.07 Å². The highest BCUT2D eigenvalue weighted by atomic mass is 16.5. The first-order valence-corrected chi connectivity index (χ1v) is 8.39. The van der Waals surface area contributed by atoms with Crippen molar-refractivity contribution in [3.8, 4) is 11.5 Å². The number of aliphatic hydroxyl groups is 1. The Bertz CT molecular complexity index is 897. The van der Waals surface area contributed by atoms with Crippen molar-refractivity contribution in [3.63, 3.8) is 0 Å². The summed E-state index contributed by atoms with van der Waals surface area (Å²) in [4.78, 5) is 15.3. The van der Waals surface area contributed by atoms with Gasteiger partial charge < -0.3 is 19.7 Å². The molecule has 6 nitrogen and oxygen atoms in total. The van der Waals surface area contributed by atoms with Gasteiger partial charge >= 0.3 is 5.97 Å². The van der Waals surface area contributed by atoms with Gasteiger partial charge in [0.25, 0.3) is 0 Å². The van der Waals surface area contributed by atoms with Crippen molar-refractivity contribution in [2.24, 2.45) is 0 Å². The number of aromatic carboxylic acids is 1. The molecule has 0 aliphatic carbocycles. The first-order valence-electron chi connectivity index (χ1n) is 8.39. The normalized spacial score (nSPS) is 10.4. The van der Waals surface area contributed by atoms with Crippen LogP contribution in [0.15, 0.2) is 66.7 Å². The van der Waals surface area contributed by atoms with Gasteiger partial charge in [-0.15, -0.1) is 0 Å². The summed E-state index contributed by atoms with van der Waals surface area (Å²) < 4.78 is 11.6. The zero-order valence-corrected chi connectivity index (χ0v) is 14.5. The number of ether oxygens (including phenoxy) is 2. The smallest absolute Gasteiger partial charge is 0.354 e. The Kier molecular flexibility index (Phi) is 6.02. The maximum Gasteiger partial charge on any atom is 0.354 e. The molecule has 0 spiro atoms. The van der Waals surface area contributed by atoms with Crippen LogP contribution in [0.2, 0.25) is 0 Å². The number of benzene rings is 2. The Morgan fingerprint density at radius 3 is 1.96 bits per heavy atom. The second-order valence-electron chi connectivity index (χ2n) is 5.79. The minimum absolute atomic E-state index is 0.119. The zero-order valence-electron chi connectivity index (χ0n) is 14.5. The van der Waals surface area contributed by atoms with Crippen LogP contribution < -0.4 is 9.47 Å². The molecule has 0 unspecified atom stereocenters. The summed E-state index contributed by atoms with van der Waals surface area (Å²) in [7, 11) is 0. The molecule has 138 valence electrons. The number of carboxylic acids is 1. The fourth-order valence-electron chi connectivity index (χ4n) is 2.50. The Morgan fingerprint density at radius 2 is 1.44 bits per heavy atom. The molecule has 0 atom stereocenters. The number of hydrogen-bond donors (Lipinski definition) is 2. The predicted octanol–water partition coefficient (Wildman–Crippen LogP) is 3.43. The second kappa shape index (κ2) is 8.82. The second-order valence-corrected chi connectivity index (χ2v) is 5.79. The molecule has 0 aliphatic heterocycles. The lowest BCUT2D eigenvalue weighted by Gasteiger charge is -2.16. The Labute approximate surface area is 156 Å². The third-order valence-electron chi connectivity index (χ3n) is 3.84. The number of nitrogens with zero attached hydrogens (tertiary/aromatic N) is 1. The topological polar surface area (TPSA) is 88.9 Å². The van der Waals surface area contributed by atoms with E-state index < -0.39 is 12.6 Å². The van der Waals surface area contributed by atoms with Gasteiger partial charge in [0.05, 0.1) is 6.61 Å². The van der Waals surface area contributed by atoms with Crippen LogP contribution in [-0.4, -0.2) is 21.2 Å². The fourth-order valence-corrected chi connectivity index (χ4v) is 2.50. The highest BCUT2D eigenvalue weighted by molar-refractivity contribution is 5.86. The summed E-state index contributed by atoms with van der Waals surface area (Å²) >= 11 is 0. The lowest BCUT2D eigenvalue weighted by molar-refractivity contribution is 0.0688. The van der Waals surface area contributed by atoms with Gasteiger partial charge in [-0.1, -0.05) is 60.7 Å². The quantitative estimate of drug-likeness (QED) is 0.636. The Morgan fingerprint density at radius 1 is 0.889 bits per heavy atom. The van der Waals surface area contributed by atoms with Gasteiger partial charge in [0.2, 0.25) is 0 Å². The third-order valence-corrected chi connectivity index (χ3v) is 3.84. The first kappa shape index (κ1) is 18.4. The average molecular weight is 365 g/mol. The van der Waals surface area contributed by atoms with E-state index in [9.17, 15) is 15.0 Å². The van der Waals surface area contributed by atoms with E-state index in [1.807, 2.05) is 60.7 Å². The lowest BCUT2D eigenvalue weighted by Crippen LogP contribution is -2.09. The molecule has 0 fully saturated rings. The molecule has 27 heavy (non-hydrogen) atoms. The average Bonchev–Trinajstić information content (AvgIpc) is 2.71. The number of aromatic nitrogens is 1. The summed E-state index contributed by atoms with van der Waals surface area (Å²) in [6.45, 7) is 0.00700. The van der Waals surface area contributed by atoms with E-state index in [1.165, 1.54) is 6.07 Å². The number of carboxylic acid groups (broad SMARTS) is 1. The van der Waals surface area contributed by atoms with Crippen LogP contribution in [0.3, 0.4) is 0 Å². The number of aliphatic hydroxyl groups excluding tert-OH is 1. The van der Waals surface area contributed by atoms with E-state index in [1.54, 1.807) is 0 Å². The predicted molar refractivity (Wildman–Crippen MR) is 98.7 cm³/mol. The van der Waals surface area contributed by atoms with Gasteiger partial charge in [0.1, 0.15) is 18.9 Å². The zero-order chi connectivity index (χ0) is 19.1. The highest BCUT2D eigenvalue weighted by Crippen LogP contribution is 2.33. The third kappa shape index (κ3) is 4.83. The largest absolute Gasteiger partial charge is 0.485 e. The summed E-state index contributed by atoms with van der Waals surface area (Å²) in [5.41, 5.74) is 1.76. The Hall–Kier alpha value is -3.38. The van der Waals surface area contributed by atoms with Gasteiger partial charge in [-0.3, -0.25) is 0 Å². The molecule has 6 heteroatoms. The molecular weight excluding hydrogens is 346 g/mol. The molecule has 0 bridgehead atoms. The van der Waals surface area contributed by atoms with E-state index in [0.717, 1.165) is 11.1 Å². The van der Waals surface area contributed by atoms with E-state index in [2.05, 4.69) is 4.98 Å². The maximum absolute atomic E-state index is 11.3. The molecule has 0 saturated carbocycles. The van der Waals surface area contributed by atoms with Crippen molar-refractivity contribution < 1.29 is 24.5 Å². The van der Waals surface area contributed by atoms with E-state index in [0.29, 0.717) is 0 Å². The van der Waals surface area contributed by atoms with Crippen LogP contribution in [-0.2, 0) is 19.8 Å². The fraction of sp³-hybridized carbons (Fsp3) is 0.143. The maximum atomic E-state index is 11.3. The van der Waals surface area contributed by atoms with Crippen LogP contribution in [0, 0.1) is 0 Å². The monoisotopic (exact) mass is 365 g/mol. The summed E-state index contributed by atoms with van der Waals surface area (Å²) in [6.07, 6.45) is 0. The van der Waals surface area contributed by atoms with Gasteiger partial charge in [0.15, 0.2) is 17.2 Å². The van der Waals surface area contributed by atoms with E-state index in [-0.39, 0.29) is 36.1 Å². The molecular formula is C21H19NO5. The number of hydrogen-bond acceptors (Lipinski definition) is 5. The molecule has 0 saturated heterocycles. The van der Waals surface area contributed by atoms with Crippen molar-refractivity contribution in [2.75, 3.05) is 0 Å². The summed E-state index contributed by atoms with van der Waals surface area (Å²) in [5, 5.41) is 18.9. The molecule has 2 N–H and O–H groups in total. The molecule has 1 heterocycles. The van der Waals surface area contributed by atoms with Crippen LogP contribution in [0.5, 0.6) is 11.5 Å². The van der Waals surface area contributed by atoms with Crippen molar-refractivity contribution in [2.45, 2.75) is 19.8 Å². The number of rotatable bonds is 8.